The number of ketones is 1. The van der Waals surface area contributed by atoms with E-state index in [1.54, 1.807) is 4.90 Å². The molecule has 0 aromatic heterocycles. The van der Waals surface area contributed by atoms with Gasteiger partial charge in [0, 0.05) is 24.4 Å². The lowest BCUT2D eigenvalue weighted by Gasteiger charge is -2.31. The van der Waals surface area contributed by atoms with Gasteiger partial charge >= 0.3 is 0 Å². The molecule has 18 heavy (non-hydrogen) atoms. The number of fused-ring (bicyclic) bond motifs is 1. The molecule has 3 nitrogen and oxygen atoms in total. The van der Waals surface area contributed by atoms with E-state index >= 15 is 0 Å². The zero-order chi connectivity index (χ0) is 13.1. The van der Waals surface area contributed by atoms with Gasteiger partial charge in [-0.2, -0.15) is 0 Å². The fraction of sp³-hybridized carbons (Fsp3) is 0.467. The SMILES string of the molecule is CCC(CC)C(=O)N1CCC(=O)c2ccccc21. The van der Waals surface area contributed by atoms with Crippen LogP contribution in [0.15, 0.2) is 24.3 Å². The van der Waals surface area contributed by atoms with Crippen LogP contribution in [0.4, 0.5) is 5.69 Å². The van der Waals surface area contributed by atoms with Crippen LogP contribution < -0.4 is 4.90 Å². The van der Waals surface area contributed by atoms with Crippen molar-refractivity contribution in [2.45, 2.75) is 33.1 Å². The highest BCUT2D eigenvalue weighted by atomic mass is 16.2. The molecule has 1 amide bonds. The molecule has 0 saturated heterocycles. The van der Waals surface area contributed by atoms with Crippen molar-refractivity contribution in [3.05, 3.63) is 29.8 Å². The minimum Gasteiger partial charge on any atom is -0.311 e. The van der Waals surface area contributed by atoms with Gasteiger partial charge in [0.2, 0.25) is 5.91 Å². The zero-order valence-corrected chi connectivity index (χ0v) is 11.0. The summed E-state index contributed by atoms with van der Waals surface area (Å²) in [4.78, 5) is 26.1. The predicted octanol–water partition coefficient (Wildman–Crippen LogP) is 3.04. The minimum absolute atomic E-state index is 0.0614. The highest BCUT2D eigenvalue weighted by Gasteiger charge is 2.29. The van der Waals surface area contributed by atoms with Crippen LogP contribution >= 0.6 is 0 Å². The van der Waals surface area contributed by atoms with Gasteiger partial charge in [0.25, 0.3) is 0 Å². The number of para-hydroxylation sites is 1. The minimum atomic E-state index is 0.0614. The smallest absolute Gasteiger partial charge is 0.230 e. The molecular formula is C15H19NO2. The van der Waals surface area contributed by atoms with Crippen molar-refractivity contribution in [2.24, 2.45) is 5.92 Å². The molecule has 0 radical (unpaired) electrons. The van der Waals surface area contributed by atoms with Gasteiger partial charge in [-0.05, 0) is 25.0 Å². The van der Waals surface area contributed by atoms with Crippen LogP contribution in [0.3, 0.4) is 0 Å². The molecule has 0 aliphatic carbocycles. The predicted molar refractivity (Wildman–Crippen MR) is 71.8 cm³/mol. The van der Waals surface area contributed by atoms with Crippen LogP contribution in [0.5, 0.6) is 0 Å². The molecule has 1 aliphatic heterocycles. The second-order valence-corrected chi connectivity index (χ2v) is 4.69. The van der Waals surface area contributed by atoms with Gasteiger partial charge in [0.15, 0.2) is 5.78 Å². The topological polar surface area (TPSA) is 37.4 Å². The van der Waals surface area contributed by atoms with Gasteiger partial charge in [-0.1, -0.05) is 26.0 Å². The molecule has 1 aliphatic rings. The Balaban J connectivity index is 2.34. The van der Waals surface area contributed by atoms with Crippen molar-refractivity contribution in [3.8, 4) is 0 Å². The van der Waals surface area contributed by atoms with E-state index in [0.29, 0.717) is 18.5 Å². The maximum Gasteiger partial charge on any atom is 0.230 e. The van der Waals surface area contributed by atoms with Crippen molar-refractivity contribution >= 4 is 17.4 Å². The number of carbonyl (C=O) groups excluding carboxylic acids is 2. The molecule has 0 saturated carbocycles. The first-order valence-electron chi connectivity index (χ1n) is 6.62. The molecule has 2 rings (SSSR count). The molecule has 1 heterocycles. The number of anilines is 1. The normalized spacial score (nSPS) is 14.8. The number of nitrogens with zero attached hydrogens (tertiary/aromatic N) is 1. The second-order valence-electron chi connectivity index (χ2n) is 4.69. The van der Waals surface area contributed by atoms with E-state index in [1.807, 2.05) is 38.1 Å². The Morgan fingerprint density at radius 2 is 1.94 bits per heavy atom. The van der Waals surface area contributed by atoms with Gasteiger partial charge in [0.05, 0.1) is 5.69 Å². The number of amides is 1. The molecule has 1 aromatic carbocycles. The zero-order valence-electron chi connectivity index (χ0n) is 11.0. The summed E-state index contributed by atoms with van der Waals surface area (Å²) in [5.41, 5.74) is 1.47. The number of Topliss-reactive ketones (excluding diaryl/α,β-unsaturated/α-hetero) is 1. The van der Waals surface area contributed by atoms with E-state index in [-0.39, 0.29) is 17.6 Å². The van der Waals surface area contributed by atoms with Crippen LogP contribution in [0, 0.1) is 5.92 Å². The molecule has 96 valence electrons. The third kappa shape index (κ3) is 2.17. The largest absolute Gasteiger partial charge is 0.311 e. The maximum atomic E-state index is 12.4. The van der Waals surface area contributed by atoms with Gasteiger partial charge in [0.1, 0.15) is 0 Å². The summed E-state index contributed by atoms with van der Waals surface area (Å²) in [5, 5.41) is 0. The van der Waals surface area contributed by atoms with Crippen LogP contribution in [0.1, 0.15) is 43.5 Å². The lowest BCUT2D eigenvalue weighted by Crippen LogP contribution is -2.40. The molecule has 0 N–H and O–H groups in total. The molecule has 0 atom stereocenters. The summed E-state index contributed by atoms with van der Waals surface area (Å²) < 4.78 is 0. The quantitative estimate of drug-likeness (QED) is 0.820. The van der Waals surface area contributed by atoms with Crippen LogP contribution in [0.25, 0.3) is 0 Å². The monoisotopic (exact) mass is 245 g/mol. The molecular weight excluding hydrogens is 226 g/mol. The van der Waals surface area contributed by atoms with Crippen molar-refractivity contribution in [1.29, 1.82) is 0 Å². The summed E-state index contributed by atoms with van der Waals surface area (Å²) in [6.07, 6.45) is 2.13. The lowest BCUT2D eigenvalue weighted by molar-refractivity contribution is -0.122. The highest BCUT2D eigenvalue weighted by Crippen LogP contribution is 2.29. The van der Waals surface area contributed by atoms with Crippen molar-refractivity contribution < 1.29 is 9.59 Å². The molecule has 3 heteroatoms. The van der Waals surface area contributed by atoms with Crippen molar-refractivity contribution in [2.75, 3.05) is 11.4 Å². The summed E-state index contributed by atoms with van der Waals surface area (Å²) in [5.74, 6) is 0.352. The fourth-order valence-corrected chi connectivity index (χ4v) is 2.50. The fourth-order valence-electron chi connectivity index (χ4n) is 2.50. The van der Waals surface area contributed by atoms with E-state index in [0.717, 1.165) is 18.5 Å². The molecule has 0 unspecified atom stereocenters. The first-order valence-corrected chi connectivity index (χ1v) is 6.62. The number of hydrogen-bond donors (Lipinski definition) is 0. The van der Waals surface area contributed by atoms with Gasteiger partial charge in [-0.15, -0.1) is 0 Å². The standard InChI is InChI=1S/C15H19NO2/c1-3-11(4-2)15(18)16-10-9-14(17)12-7-5-6-8-13(12)16/h5-8,11H,3-4,9-10H2,1-2H3. The average Bonchev–Trinajstić information content (AvgIpc) is 2.41. The van der Waals surface area contributed by atoms with E-state index in [4.69, 9.17) is 0 Å². The average molecular weight is 245 g/mol. The number of hydrogen-bond acceptors (Lipinski definition) is 2. The van der Waals surface area contributed by atoms with Crippen molar-refractivity contribution in [3.63, 3.8) is 0 Å². The Morgan fingerprint density at radius 3 is 2.61 bits per heavy atom. The summed E-state index contributed by atoms with van der Waals surface area (Å²) >= 11 is 0. The molecule has 0 bridgehead atoms. The summed E-state index contributed by atoms with van der Waals surface area (Å²) in [6, 6.07) is 7.41. The first kappa shape index (κ1) is 12.8. The van der Waals surface area contributed by atoms with E-state index in [9.17, 15) is 9.59 Å². The first-order chi connectivity index (χ1) is 8.69. The van der Waals surface area contributed by atoms with Gasteiger partial charge < -0.3 is 4.90 Å². The van der Waals surface area contributed by atoms with E-state index < -0.39 is 0 Å². The summed E-state index contributed by atoms with van der Waals surface area (Å²) in [6.45, 7) is 4.59. The van der Waals surface area contributed by atoms with Crippen molar-refractivity contribution in [1.82, 2.24) is 0 Å². The van der Waals surface area contributed by atoms with Crippen LogP contribution in [-0.2, 0) is 4.79 Å². The van der Waals surface area contributed by atoms with Crippen LogP contribution in [-0.4, -0.2) is 18.2 Å². The van der Waals surface area contributed by atoms with Crippen LogP contribution in [0.2, 0.25) is 0 Å². The molecule has 1 aromatic rings. The van der Waals surface area contributed by atoms with E-state index in [2.05, 4.69) is 0 Å². The highest BCUT2D eigenvalue weighted by molar-refractivity contribution is 6.09. The Labute approximate surface area is 108 Å². The van der Waals surface area contributed by atoms with Gasteiger partial charge in [-0.3, -0.25) is 9.59 Å². The Bertz CT molecular complexity index is 463. The molecule has 0 spiro atoms. The summed E-state index contributed by atoms with van der Waals surface area (Å²) in [7, 11) is 0. The lowest BCUT2D eigenvalue weighted by atomic mass is 9.96. The third-order valence-corrected chi connectivity index (χ3v) is 3.66. The number of rotatable bonds is 3. The Kier molecular flexibility index (Phi) is 3.80. The number of carbonyl (C=O) groups is 2. The Hall–Kier alpha value is -1.64. The maximum absolute atomic E-state index is 12.4. The molecule has 0 fully saturated rings. The third-order valence-electron chi connectivity index (χ3n) is 3.66. The Morgan fingerprint density at radius 1 is 1.28 bits per heavy atom. The van der Waals surface area contributed by atoms with E-state index in [1.165, 1.54) is 0 Å². The second kappa shape index (κ2) is 5.34. The number of benzene rings is 1. The van der Waals surface area contributed by atoms with Gasteiger partial charge in [-0.25, -0.2) is 0 Å².